The number of Topliss-reactive ketones (excluding diaryl/α,β-unsaturated/α-hetero) is 1. The molecule has 1 aromatic carbocycles. The van der Waals surface area contributed by atoms with Crippen LogP contribution in [-0.4, -0.2) is 36.2 Å². The fourth-order valence-electron chi connectivity index (χ4n) is 2.81. The molecule has 1 aromatic heterocycles. The Morgan fingerprint density at radius 3 is 2.68 bits per heavy atom. The number of amides is 2. The molecule has 2 amide bonds. The van der Waals surface area contributed by atoms with E-state index in [0.29, 0.717) is 41.3 Å². The standard InChI is InChI=1S/C18H19N3O4/c1-11(22)12-8-14(19-10-12)18(24)20-13-5-6-15(16(9-13)25-2)21-7-3-4-17(21)23/h5-6,8-10,19H,3-4,7H2,1-2H3,(H,20,24). The van der Waals surface area contributed by atoms with Crippen molar-refractivity contribution in [2.24, 2.45) is 0 Å². The van der Waals surface area contributed by atoms with Gasteiger partial charge in [0.15, 0.2) is 5.78 Å². The summed E-state index contributed by atoms with van der Waals surface area (Å²) in [5.41, 5.74) is 1.98. The molecule has 2 N–H and O–H groups in total. The first-order valence-electron chi connectivity index (χ1n) is 7.98. The van der Waals surface area contributed by atoms with Crippen molar-refractivity contribution in [2.75, 3.05) is 23.9 Å². The zero-order chi connectivity index (χ0) is 18.0. The van der Waals surface area contributed by atoms with Crippen LogP contribution in [0.3, 0.4) is 0 Å². The molecule has 0 spiro atoms. The minimum absolute atomic E-state index is 0.0678. The number of aromatic amines is 1. The monoisotopic (exact) mass is 341 g/mol. The fraction of sp³-hybridized carbons (Fsp3) is 0.278. The summed E-state index contributed by atoms with van der Waals surface area (Å²) < 4.78 is 5.37. The third kappa shape index (κ3) is 3.40. The van der Waals surface area contributed by atoms with Crippen molar-refractivity contribution in [3.63, 3.8) is 0 Å². The summed E-state index contributed by atoms with van der Waals surface area (Å²) >= 11 is 0. The third-order valence-corrected chi connectivity index (χ3v) is 4.14. The summed E-state index contributed by atoms with van der Waals surface area (Å²) in [4.78, 5) is 40.0. The molecule has 0 aliphatic carbocycles. The normalized spacial score (nSPS) is 13.8. The number of ketones is 1. The molecule has 1 aliphatic heterocycles. The lowest BCUT2D eigenvalue weighted by Crippen LogP contribution is -2.24. The summed E-state index contributed by atoms with van der Waals surface area (Å²) in [6, 6.07) is 6.66. The number of carbonyl (C=O) groups excluding carboxylic acids is 3. The number of aromatic nitrogens is 1. The van der Waals surface area contributed by atoms with Gasteiger partial charge in [-0.1, -0.05) is 0 Å². The van der Waals surface area contributed by atoms with Gasteiger partial charge in [0.05, 0.1) is 12.8 Å². The van der Waals surface area contributed by atoms with Crippen LogP contribution in [0.4, 0.5) is 11.4 Å². The Labute approximate surface area is 145 Å². The predicted molar refractivity (Wildman–Crippen MR) is 93.3 cm³/mol. The summed E-state index contributed by atoms with van der Waals surface area (Å²) in [6.45, 7) is 2.10. The molecule has 1 aliphatic rings. The van der Waals surface area contributed by atoms with E-state index < -0.39 is 0 Å². The molecule has 3 rings (SSSR count). The Morgan fingerprint density at radius 2 is 2.08 bits per heavy atom. The van der Waals surface area contributed by atoms with Crippen LogP contribution < -0.4 is 15.0 Å². The van der Waals surface area contributed by atoms with Crippen LogP contribution in [0.15, 0.2) is 30.5 Å². The second-order valence-electron chi connectivity index (χ2n) is 5.85. The molecule has 2 heterocycles. The second-order valence-corrected chi connectivity index (χ2v) is 5.85. The average Bonchev–Trinajstić information content (AvgIpc) is 3.24. The first kappa shape index (κ1) is 16.8. The maximum absolute atomic E-state index is 12.3. The molecule has 0 saturated carbocycles. The Morgan fingerprint density at radius 1 is 1.28 bits per heavy atom. The number of hydrogen-bond acceptors (Lipinski definition) is 4. The number of methoxy groups -OCH3 is 1. The van der Waals surface area contributed by atoms with Crippen LogP contribution in [0.25, 0.3) is 0 Å². The molecule has 130 valence electrons. The number of hydrogen-bond donors (Lipinski definition) is 2. The van der Waals surface area contributed by atoms with Crippen LogP contribution in [0.5, 0.6) is 5.75 Å². The molecule has 0 radical (unpaired) electrons. The zero-order valence-electron chi connectivity index (χ0n) is 14.1. The SMILES string of the molecule is COc1cc(NC(=O)c2cc(C(C)=O)c[nH]2)ccc1N1CCCC1=O. The molecule has 1 saturated heterocycles. The van der Waals surface area contributed by atoms with Gasteiger partial charge >= 0.3 is 0 Å². The number of nitrogens with zero attached hydrogens (tertiary/aromatic N) is 1. The highest BCUT2D eigenvalue weighted by molar-refractivity contribution is 6.05. The Bertz CT molecular complexity index is 841. The second kappa shape index (κ2) is 6.80. The van der Waals surface area contributed by atoms with Crippen molar-refractivity contribution in [2.45, 2.75) is 19.8 Å². The van der Waals surface area contributed by atoms with Crippen molar-refractivity contribution in [1.82, 2.24) is 4.98 Å². The van der Waals surface area contributed by atoms with E-state index in [1.807, 2.05) is 0 Å². The van der Waals surface area contributed by atoms with Crippen LogP contribution in [0.2, 0.25) is 0 Å². The minimum Gasteiger partial charge on any atom is -0.494 e. The van der Waals surface area contributed by atoms with E-state index in [-0.39, 0.29) is 17.6 Å². The van der Waals surface area contributed by atoms with Gasteiger partial charge in [0.1, 0.15) is 11.4 Å². The molecule has 0 atom stereocenters. The predicted octanol–water partition coefficient (Wildman–Crippen LogP) is 2.61. The highest BCUT2D eigenvalue weighted by atomic mass is 16.5. The number of nitrogens with one attached hydrogen (secondary N) is 2. The molecule has 0 bridgehead atoms. The van der Waals surface area contributed by atoms with Gasteiger partial charge in [-0.2, -0.15) is 0 Å². The van der Waals surface area contributed by atoms with Crippen molar-refractivity contribution in [3.05, 3.63) is 41.7 Å². The van der Waals surface area contributed by atoms with E-state index in [9.17, 15) is 14.4 Å². The number of H-pyrrole nitrogens is 1. The summed E-state index contributed by atoms with van der Waals surface area (Å²) in [7, 11) is 1.52. The van der Waals surface area contributed by atoms with E-state index in [2.05, 4.69) is 10.3 Å². The van der Waals surface area contributed by atoms with Crippen molar-refractivity contribution >= 4 is 29.0 Å². The van der Waals surface area contributed by atoms with E-state index in [4.69, 9.17) is 4.74 Å². The molecule has 25 heavy (non-hydrogen) atoms. The largest absolute Gasteiger partial charge is 0.494 e. The smallest absolute Gasteiger partial charge is 0.272 e. The number of rotatable bonds is 5. The zero-order valence-corrected chi connectivity index (χ0v) is 14.1. The molecule has 7 heteroatoms. The van der Waals surface area contributed by atoms with Gasteiger partial charge in [-0.15, -0.1) is 0 Å². The Hall–Kier alpha value is -3.09. The number of carbonyl (C=O) groups is 3. The molecular formula is C18H19N3O4. The molecule has 1 fully saturated rings. The molecule has 0 unspecified atom stereocenters. The van der Waals surface area contributed by atoms with Gasteiger partial charge in [0.25, 0.3) is 5.91 Å². The fourth-order valence-corrected chi connectivity index (χ4v) is 2.81. The van der Waals surface area contributed by atoms with Crippen molar-refractivity contribution in [3.8, 4) is 5.75 Å². The summed E-state index contributed by atoms with van der Waals surface area (Å²) in [5, 5.41) is 2.75. The van der Waals surface area contributed by atoms with Crippen LogP contribution in [-0.2, 0) is 4.79 Å². The summed E-state index contributed by atoms with van der Waals surface area (Å²) in [5.74, 6) is 0.110. The average molecular weight is 341 g/mol. The van der Waals surface area contributed by atoms with Gasteiger partial charge in [-0.25, -0.2) is 0 Å². The lowest BCUT2D eigenvalue weighted by molar-refractivity contribution is -0.117. The van der Waals surface area contributed by atoms with E-state index in [0.717, 1.165) is 6.42 Å². The number of benzene rings is 1. The highest BCUT2D eigenvalue weighted by Gasteiger charge is 2.24. The van der Waals surface area contributed by atoms with Gasteiger partial charge < -0.3 is 19.9 Å². The molecule has 7 nitrogen and oxygen atoms in total. The van der Waals surface area contributed by atoms with Gasteiger partial charge in [-0.3, -0.25) is 14.4 Å². The van der Waals surface area contributed by atoms with Crippen molar-refractivity contribution in [1.29, 1.82) is 0 Å². The Balaban J connectivity index is 1.79. The summed E-state index contributed by atoms with van der Waals surface area (Å²) in [6.07, 6.45) is 2.86. The van der Waals surface area contributed by atoms with Crippen LogP contribution in [0.1, 0.15) is 40.6 Å². The lowest BCUT2D eigenvalue weighted by atomic mass is 10.2. The molecule has 2 aromatic rings. The lowest BCUT2D eigenvalue weighted by Gasteiger charge is -2.19. The van der Waals surface area contributed by atoms with Gasteiger partial charge in [0.2, 0.25) is 5.91 Å². The highest BCUT2D eigenvalue weighted by Crippen LogP contribution is 2.33. The van der Waals surface area contributed by atoms with Gasteiger partial charge in [0, 0.05) is 36.5 Å². The minimum atomic E-state index is -0.362. The maximum atomic E-state index is 12.3. The number of ether oxygens (including phenoxy) is 1. The van der Waals surface area contributed by atoms with E-state index >= 15 is 0 Å². The molecular weight excluding hydrogens is 322 g/mol. The van der Waals surface area contributed by atoms with E-state index in [1.165, 1.54) is 26.3 Å². The first-order valence-corrected chi connectivity index (χ1v) is 7.98. The van der Waals surface area contributed by atoms with Gasteiger partial charge in [-0.05, 0) is 31.5 Å². The third-order valence-electron chi connectivity index (χ3n) is 4.14. The van der Waals surface area contributed by atoms with E-state index in [1.54, 1.807) is 23.1 Å². The Kier molecular flexibility index (Phi) is 4.56. The number of anilines is 2. The van der Waals surface area contributed by atoms with Crippen molar-refractivity contribution < 1.29 is 19.1 Å². The topological polar surface area (TPSA) is 91.5 Å². The maximum Gasteiger partial charge on any atom is 0.272 e. The first-order chi connectivity index (χ1) is 12.0. The van der Waals surface area contributed by atoms with Crippen LogP contribution >= 0.6 is 0 Å². The quantitative estimate of drug-likeness (QED) is 0.818. The van der Waals surface area contributed by atoms with Crippen LogP contribution in [0, 0.1) is 0 Å².